The molecule has 0 unspecified atom stereocenters. The highest BCUT2D eigenvalue weighted by Crippen LogP contribution is 1.73. The van der Waals surface area contributed by atoms with Gasteiger partial charge in [-0.1, -0.05) is 0 Å². The maximum Gasteiger partial charge on any atom is 0.0861 e. The Labute approximate surface area is 49.3 Å². The van der Waals surface area contributed by atoms with Crippen LogP contribution in [0.2, 0.25) is 0 Å². The molecule has 0 aromatic rings. The molecule has 0 bridgehead atoms. The van der Waals surface area contributed by atoms with Gasteiger partial charge in [0.2, 0.25) is 0 Å². The summed E-state index contributed by atoms with van der Waals surface area (Å²) in [5.74, 6) is 0. The minimum atomic E-state index is 0.713. The van der Waals surface area contributed by atoms with Crippen LogP contribution in [-0.2, 0) is 0 Å². The van der Waals surface area contributed by atoms with Crippen molar-refractivity contribution in [3.05, 3.63) is 0 Å². The summed E-state index contributed by atoms with van der Waals surface area (Å²) in [5.41, 5.74) is 0. The molecule has 0 atom stereocenters. The van der Waals surface area contributed by atoms with Crippen molar-refractivity contribution in [2.45, 2.75) is 6.42 Å². The highest BCUT2D eigenvalue weighted by atomic mass is 14.8. The first kappa shape index (κ1) is 7.34. The van der Waals surface area contributed by atoms with E-state index < -0.39 is 0 Å². The molecule has 8 heavy (non-hydrogen) atoms. The van der Waals surface area contributed by atoms with Crippen LogP contribution in [0.15, 0.2) is 4.99 Å². The van der Waals surface area contributed by atoms with Crippen LogP contribution in [0.25, 0.3) is 0 Å². The Morgan fingerprint density at radius 2 is 2.50 bits per heavy atom. The Morgan fingerprint density at radius 1 is 1.75 bits per heavy atom. The SMILES string of the molecule is CNCCCN=C=N. The average Bonchev–Trinajstić information content (AvgIpc) is 1.81. The van der Waals surface area contributed by atoms with E-state index in [0.29, 0.717) is 6.54 Å². The first-order valence-corrected chi connectivity index (χ1v) is 2.64. The van der Waals surface area contributed by atoms with E-state index in [1.165, 1.54) is 0 Å². The molecule has 3 heteroatoms. The predicted octanol–water partition coefficient (Wildman–Crippen LogP) is 0.349. The van der Waals surface area contributed by atoms with E-state index >= 15 is 0 Å². The van der Waals surface area contributed by atoms with Crippen LogP contribution >= 0.6 is 0 Å². The quantitative estimate of drug-likeness (QED) is 0.401. The Hall–Kier alpha value is -0.660. The first-order valence-electron chi connectivity index (χ1n) is 2.64. The van der Waals surface area contributed by atoms with Gasteiger partial charge in [-0.3, -0.25) is 0 Å². The molecule has 46 valence electrons. The standard InChI is InChI=1S/C5H11N3/c1-7-3-2-4-8-5-6/h6-7H,2-4H2,1H3. The third kappa shape index (κ3) is 5.34. The lowest BCUT2D eigenvalue weighted by Gasteiger charge is -1.90. The molecule has 0 aliphatic heterocycles. The molecule has 0 amide bonds. The summed E-state index contributed by atoms with van der Waals surface area (Å²) >= 11 is 0. The topological polar surface area (TPSA) is 48.2 Å². The molecule has 0 saturated heterocycles. The van der Waals surface area contributed by atoms with Gasteiger partial charge in [-0.2, -0.15) is 0 Å². The zero-order chi connectivity index (χ0) is 6.24. The molecule has 0 spiro atoms. The van der Waals surface area contributed by atoms with Crippen LogP contribution in [-0.4, -0.2) is 26.1 Å². The summed E-state index contributed by atoms with van der Waals surface area (Å²) in [4.78, 5) is 3.59. The molecule has 0 aliphatic carbocycles. The van der Waals surface area contributed by atoms with E-state index in [1.54, 1.807) is 0 Å². The fraction of sp³-hybridized carbons (Fsp3) is 0.800. The van der Waals surface area contributed by atoms with Crippen molar-refractivity contribution in [1.29, 1.82) is 5.41 Å². The van der Waals surface area contributed by atoms with Gasteiger partial charge >= 0.3 is 0 Å². The van der Waals surface area contributed by atoms with Crippen molar-refractivity contribution in [3.63, 3.8) is 0 Å². The van der Waals surface area contributed by atoms with E-state index in [2.05, 4.69) is 10.3 Å². The summed E-state index contributed by atoms with van der Waals surface area (Å²) in [6, 6.07) is 1.97. The molecular formula is C5H11N3. The Balaban J connectivity index is 2.82. The van der Waals surface area contributed by atoms with E-state index in [-0.39, 0.29) is 0 Å². The van der Waals surface area contributed by atoms with Gasteiger partial charge < -0.3 is 5.32 Å². The van der Waals surface area contributed by atoms with Crippen molar-refractivity contribution in [2.75, 3.05) is 20.1 Å². The maximum absolute atomic E-state index is 6.40. The van der Waals surface area contributed by atoms with Crippen LogP contribution in [0.4, 0.5) is 0 Å². The van der Waals surface area contributed by atoms with Crippen molar-refractivity contribution in [2.24, 2.45) is 4.99 Å². The van der Waals surface area contributed by atoms with Gasteiger partial charge in [-0.05, 0) is 20.0 Å². The summed E-state index contributed by atoms with van der Waals surface area (Å²) < 4.78 is 0. The van der Waals surface area contributed by atoms with Gasteiger partial charge in [-0.25, -0.2) is 10.4 Å². The Bertz CT molecular complexity index is 83.7. The van der Waals surface area contributed by atoms with Crippen LogP contribution in [0.5, 0.6) is 0 Å². The largest absolute Gasteiger partial charge is 0.320 e. The highest BCUT2D eigenvalue weighted by Gasteiger charge is 1.77. The first-order chi connectivity index (χ1) is 3.91. The fourth-order valence-electron chi connectivity index (χ4n) is 0.391. The Morgan fingerprint density at radius 3 is 3.00 bits per heavy atom. The van der Waals surface area contributed by atoms with Crippen molar-refractivity contribution in [3.8, 4) is 0 Å². The second-order valence-corrected chi connectivity index (χ2v) is 1.45. The van der Waals surface area contributed by atoms with E-state index in [0.717, 1.165) is 13.0 Å². The van der Waals surface area contributed by atoms with E-state index in [4.69, 9.17) is 5.41 Å². The van der Waals surface area contributed by atoms with Gasteiger partial charge in [-0.15, -0.1) is 0 Å². The summed E-state index contributed by atoms with van der Waals surface area (Å²) in [6.45, 7) is 1.68. The molecule has 0 aromatic carbocycles. The maximum atomic E-state index is 6.40. The van der Waals surface area contributed by atoms with Crippen molar-refractivity contribution >= 4 is 6.01 Å². The monoisotopic (exact) mass is 113 g/mol. The number of hydrogen-bond donors (Lipinski definition) is 2. The third-order valence-electron chi connectivity index (χ3n) is 0.776. The van der Waals surface area contributed by atoms with Gasteiger partial charge in [0.25, 0.3) is 0 Å². The smallest absolute Gasteiger partial charge is 0.0861 e. The second kappa shape index (κ2) is 6.34. The van der Waals surface area contributed by atoms with Crippen LogP contribution in [0.3, 0.4) is 0 Å². The number of hydrogen-bond acceptors (Lipinski definition) is 3. The second-order valence-electron chi connectivity index (χ2n) is 1.45. The van der Waals surface area contributed by atoms with Gasteiger partial charge in [0.05, 0.1) is 12.6 Å². The van der Waals surface area contributed by atoms with E-state index in [9.17, 15) is 0 Å². The van der Waals surface area contributed by atoms with Crippen LogP contribution in [0, 0.1) is 5.41 Å². The normalized spacial score (nSPS) is 8.12. The number of rotatable bonds is 4. The lowest BCUT2D eigenvalue weighted by Crippen LogP contribution is -2.08. The summed E-state index contributed by atoms with van der Waals surface area (Å²) in [5, 5.41) is 9.38. The molecule has 0 radical (unpaired) electrons. The molecular weight excluding hydrogens is 102 g/mol. The average molecular weight is 113 g/mol. The lowest BCUT2D eigenvalue weighted by molar-refractivity contribution is 0.735. The number of aliphatic imine (C=N–C) groups is 1. The summed E-state index contributed by atoms with van der Waals surface area (Å²) in [6.07, 6.45) is 0.988. The molecule has 0 rings (SSSR count). The minimum Gasteiger partial charge on any atom is -0.320 e. The predicted molar refractivity (Wildman–Crippen MR) is 33.6 cm³/mol. The molecule has 3 nitrogen and oxygen atoms in total. The van der Waals surface area contributed by atoms with Crippen molar-refractivity contribution < 1.29 is 0 Å². The molecule has 0 aromatic heterocycles. The molecule has 0 fully saturated rings. The zero-order valence-corrected chi connectivity index (χ0v) is 5.07. The highest BCUT2D eigenvalue weighted by molar-refractivity contribution is 5.35. The van der Waals surface area contributed by atoms with Gasteiger partial charge in [0.15, 0.2) is 0 Å². The Kier molecular flexibility index (Phi) is 5.82. The van der Waals surface area contributed by atoms with E-state index in [1.807, 2.05) is 13.1 Å². The van der Waals surface area contributed by atoms with Crippen LogP contribution < -0.4 is 5.32 Å². The molecule has 0 saturated carbocycles. The zero-order valence-electron chi connectivity index (χ0n) is 5.07. The molecule has 0 heterocycles. The minimum absolute atomic E-state index is 0.713. The lowest BCUT2D eigenvalue weighted by atomic mass is 10.4. The number of nitrogens with one attached hydrogen (secondary N) is 2. The molecule has 0 aliphatic rings. The van der Waals surface area contributed by atoms with Crippen LogP contribution in [0.1, 0.15) is 6.42 Å². The fourth-order valence-corrected chi connectivity index (χ4v) is 0.391. The molecule has 2 N–H and O–H groups in total. The van der Waals surface area contributed by atoms with Gasteiger partial charge in [0.1, 0.15) is 0 Å². The summed E-state index contributed by atoms with van der Waals surface area (Å²) in [7, 11) is 1.90. The third-order valence-corrected chi connectivity index (χ3v) is 0.776. The van der Waals surface area contributed by atoms with Gasteiger partial charge in [0, 0.05) is 0 Å². The van der Waals surface area contributed by atoms with Crippen molar-refractivity contribution in [1.82, 2.24) is 5.32 Å². The number of nitrogens with zero attached hydrogens (tertiary/aromatic N) is 1.